The molecule has 1 atom stereocenters. The van der Waals surface area contributed by atoms with Crippen molar-refractivity contribution in [1.82, 2.24) is 4.90 Å². The fraction of sp³-hybridized carbons (Fsp3) is 0.889. The lowest BCUT2D eigenvalue weighted by Gasteiger charge is -2.11. The summed E-state index contributed by atoms with van der Waals surface area (Å²) in [6.07, 6.45) is 1.49. The number of ether oxygens (including phenoxy) is 1. The summed E-state index contributed by atoms with van der Waals surface area (Å²) in [5.74, 6) is -0.291. The number of hydrogen-bond donors (Lipinski definition) is 1. The zero-order valence-corrected chi connectivity index (χ0v) is 8.75. The molecular formula is C9H20N2O2. The Morgan fingerprint density at radius 1 is 1.54 bits per heavy atom. The molecule has 0 saturated heterocycles. The minimum Gasteiger partial charge on any atom is -0.464 e. The first-order valence-electron chi connectivity index (χ1n) is 4.64. The molecule has 4 nitrogen and oxygen atoms in total. The van der Waals surface area contributed by atoms with Crippen LogP contribution in [0.15, 0.2) is 0 Å². The quantitative estimate of drug-likeness (QED) is 0.478. The highest BCUT2D eigenvalue weighted by Gasteiger charge is 2.11. The van der Waals surface area contributed by atoms with E-state index in [-0.39, 0.29) is 5.97 Å². The van der Waals surface area contributed by atoms with Gasteiger partial charge in [-0.1, -0.05) is 6.92 Å². The molecule has 0 rings (SSSR count). The highest BCUT2D eigenvalue weighted by molar-refractivity contribution is 5.75. The van der Waals surface area contributed by atoms with Gasteiger partial charge in [0.15, 0.2) is 0 Å². The molecule has 78 valence electrons. The predicted molar refractivity (Wildman–Crippen MR) is 52.4 cm³/mol. The van der Waals surface area contributed by atoms with E-state index in [1.54, 1.807) is 0 Å². The first-order chi connectivity index (χ1) is 6.07. The summed E-state index contributed by atoms with van der Waals surface area (Å²) in [7, 11) is 3.97. The van der Waals surface area contributed by atoms with E-state index in [0.29, 0.717) is 13.0 Å². The second kappa shape index (κ2) is 6.86. The summed E-state index contributed by atoms with van der Waals surface area (Å²) >= 11 is 0. The van der Waals surface area contributed by atoms with Crippen LogP contribution in [0.25, 0.3) is 0 Å². The minimum absolute atomic E-state index is 0.291. The maximum Gasteiger partial charge on any atom is 0.322 e. The molecule has 4 heteroatoms. The zero-order chi connectivity index (χ0) is 10.3. The molecule has 0 fully saturated rings. The van der Waals surface area contributed by atoms with Crippen LogP contribution in [0.5, 0.6) is 0 Å². The Morgan fingerprint density at radius 3 is 2.62 bits per heavy atom. The topological polar surface area (TPSA) is 55.6 Å². The monoisotopic (exact) mass is 188 g/mol. The van der Waals surface area contributed by atoms with Crippen LogP contribution in [0.4, 0.5) is 0 Å². The predicted octanol–water partition coefficient (Wildman–Crippen LogP) is 0.219. The van der Waals surface area contributed by atoms with Crippen LogP contribution < -0.4 is 5.73 Å². The molecule has 0 aromatic heterocycles. The number of carbonyl (C=O) groups excluding carboxylic acids is 1. The van der Waals surface area contributed by atoms with Gasteiger partial charge in [-0.25, -0.2) is 0 Å². The van der Waals surface area contributed by atoms with Gasteiger partial charge in [-0.15, -0.1) is 0 Å². The van der Waals surface area contributed by atoms with Crippen molar-refractivity contribution in [2.75, 3.05) is 27.2 Å². The maximum atomic E-state index is 11.1. The van der Waals surface area contributed by atoms with E-state index in [4.69, 9.17) is 10.5 Å². The second-order valence-electron chi connectivity index (χ2n) is 3.34. The van der Waals surface area contributed by atoms with Gasteiger partial charge in [-0.3, -0.25) is 4.79 Å². The van der Waals surface area contributed by atoms with Gasteiger partial charge in [-0.05, 0) is 26.9 Å². The Kier molecular flexibility index (Phi) is 6.54. The normalized spacial score (nSPS) is 13.0. The van der Waals surface area contributed by atoms with Crippen LogP contribution in [0.3, 0.4) is 0 Å². The lowest BCUT2D eigenvalue weighted by Crippen LogP contribution is -2.32. The lowest BCUT2D eigenvalue weighted by atomic mass is 10.2. The van der Waals surface area contributed by atoms with Gasteiger partial charge in [0.25, 0.3) is 0 Å². The van der Waals surface area contributed by atoms with E-state index in [1.165, 1.54) is 0 Å². The van der Waals surface area contributed by atoms with Crippen molar-refractivity contribution < 1.29 is 9.53 Å². The smallest absolute Gasteiger partial charge is 0.322 e. The van der Waals surface area contributed by atoms with E-state index in [1.807, 2.05) is 25.9 Å². The summed E-state index contributed by atoms with van der Waals surface area (Å²) in [6.45, 7) is 3.26. The number of carbonyl (C=O) groups is 1. The Morgan fingerprint density at radius 2 is 2.15 bits per heavy atom. The van der Waals surface area contributed by atoms with Gasteiger partial charge in [0.05, 0.1) is 6.61 Å². The molecule has 0 amide bonds. The third-order valence-electron chi connectivity index (χ3n) is 1.74. The van der Waals surface area contributed by atoms with Crippen molar-refractivity contribution in [3.8, 4) is 0 Å². The van der Waals surface area contributed by atoms with Gasteiger partial charge < -0.3 is 15.4 Å². The van der Waals surface area contributed by atoms with Crippen molar-refractivity contribution >= 4 is 5.97 Å². The number of rotatable bonds is 6. The third kappa shape index (κ3) is 6.54. The molecule has 0 aromatic carbocycles. The Bertz CT molecular complexity index is 149. The van der Waals surface area contributed by atoms with E-state index in [9.17, 15) is 4.79 Å². The fourth-order valence-electron chi connectivity index (χ4n) is 0.827. The SMILES string of the molecule is CCC(N)C(=O)OCCCN(C)C. The van der Waals surface area contributed by atoms with Crippen LogP contribution in [0, 0.1) is 0 Å². The summed E-state index contributed by atoms with van der Waals surface area (Å²) in [5, 5.41) is 0. The average Bonchev–Trinajstić information content (AvgIpc) is 2.10. The first-order valence-corrected chi connectivity index (χ1v) is 4.64. The number of nitrogens with zero attached hydrogens (tertiary/aromatic N) is 1. The van der Waals surface area contributed by atoms with Gasteiger partial charge in [0, 0.05) is 6.54 Å². The number of nitrogens with two attached hydrogens (primary N) is 1. The van der Waals surface area contributed by atoms with Gasteiger partial charge in [-0.2, -0.15) is 0 Å². The number of hydrogen-bond acceptors (Lipinski definition) is 4. The molecule has 0 aliphatic heterocycles. The number of esters is 1. The molecular weight excluding hydrogens is 168 g/mol. The summed E-state index contributed by atoms with van der Waals surface area (Å²) in [6, 6.07) is -0.459. The van der Waals surface area contributed by atoms with Crippen molar-refractivity contribution in [2.45, 2.75) is 25.8 Å². The van der Waals surface area contributed by atoms with Gasteiger partial charge >= 0.3 is 5.97 Å². The van der Waals surface area contributed by atoms with Crippen molar-refractivity contribution in [2.24, 2.45) is 5.73 Å². The minimum atomic E-state index is -0.459. The molecule has 0 bridgehead atoms. The largest absolute Gasteiger partial charge is 0.464 e. The molecule has 13 heavy (non-hydrogen) atoms. The lowest BCUT2D eigenvalue weighted by molar-refractivity contribution is -0.145. The van der Waals surface area contributed by atoms with Crippen molar-refractivity contribution in [3.05, 3.63) is 0 Å². The molecule has 0 aliphatic rings. The molecule has 0 radical (unpaired) electrons. The Labute approximate surface area is 80.0 Å². The molecule has 0 aliphatic carbocycles. The van der Waals surface area contributed by atoms with E-state index in [2.05, 4.69) is 0 Å². The molecule has 0 spiro atoms. The summed E-state index contributed by atoms with van der Waals surface area (Å²) in [4.78, 5) is 13.1. The van der Waals surface area contributed by atoms with E-state index < -0.39 is 6.04 Å². The highest BCUT2D eigenvalue weighted by atomic mass is 16.5. The van der Waals surface area contributed by atoms with Crippen LogP contribution in [0.1, 0.15) is 19.8 Å². The third-order valence-corrected chi connectivity index (χ3v) is 1.74. The second-order valence-corrected chi connectivity index (χ2v) is 3.34. The standard InChI is InChI=1S/C9H20N2O2/c1-4-8(10)9(12)13-7-5-6-11(2)3/h8H,4-7,10H2,1-3H3. The Balaban J connectivity index is 3.37. The van der Waals surface area contributed by atoms with E-state index in [0.717, 1.165) is 13.0 Å². The molecule has 1 unspecified atom stereocenters. The van der Waals surface area contributed by atoms with Crippen LogP contribution in [-0.4, -0.2) is 44.2 Å². The van der Waals surface area contributed by atoms with Crippen molar-refractivity contribution in [3.63, 3.8) is 0 Å². The van der Waals surface area contributed by atoms with Crippen LogP contribution >= 0.6 is 0 Å². The van der Waals surface area contributed by atoms with Crippen LogP contribution in [0.2, 0.25) is 0 Å². The molecule has 0 heterocycles. The first kappa shape index (κ1) is 12.4. The molecule has 2 N–H and O–H groups in total. The van der Waals surface area contributed by atoms with Gasteiger partial charge in [0.1, 0.15) is 6.04 Å². The zero-order valence-electron chi connectivity index (χ0n) is 8.75. The molecule has 0 aromatic rings. The average molecular weight is 188 g/mol. The summed E-state index contributed by atoms with van der Waals surface area (Å²) in [5.41, 5.74) is 5.47. The maximum absolute atomic E-state index is 11.1. The van der Waals surface area contributed by atoms with Crippen molar-refractivity contribution in [1.29, 1.82) is 0 Å². The highest BCUT2D eigenvalue weighted by Crippen LogP contribution is 1.92. The fourth-order valence-corrected chi connectivity index (χ4v) is 0.827. The Hall–Kier alpha value is -0.610. The summed E-state index contributed by atoms with van der Waals surface area (Å²) < 4.78 is 4.95. The van der Waals surface area contributed by atoms with Gasteiger partial charge in [0.2, 0.25) is 0 Å². The molecule has 0 saturated carbocycles. The van der Waals surface area contributed by atoms with Crippen LogP contribution in [-0.2, 0) is 9.53 Å². The van der Waals surface area contributed by atoms with E-state index >= 15 is 0 Å².